The van der Waals surface area contributed by atoms with E-state index in [0.717, 1.165) is 30.4 Å². The lowest BCUT2D eigenvalue weighted by Crippen LogP contribution is -2.33. The molecule has 0 aromatic rings. The Hall–Kier alpha value is -0.0800. The van der Waals surface area contributed by atoms with Gasteiger partial charge in [-0.3, -0.25) is 0 Å². The van der Waals surface area contributed by atoms with Crippen LogP contribution in [0, 0.1) is 17.8 Å². The molecular formula is C19H35NO. The lowest BCUT2D eigenvalue weighted by atomic mass is 9.83. The summed E-state index contributed by atoms with van der Waals surface area (Å²) >= 11 is 0. The van der Waals surface area contributed by atoms with Crippen molar-refractivity contribution in [2.45, 2.75) is 89.7 Å². The highest BCUT2D eigenvalue weighted by molar-refractivity contribution is 4.91. The van der Waals surface area contributed by atoms with Gasteiger partial charge in [-0.05, 0) is 88.5 Å². The second-order valence-electron chi connectivity index (χ2n) is 7.89. The third-order valence-corrected chi connectivity index (χ3v) is 6.26. The van der Waals surface area contributed by atoms with Gasteiger partial charge in [0.15, 0.2) is 0 Å². The van der Waals surface area contributed by atoms with Gasteiger partial charge in [0.2, 0.25) is 0 Å². The van der Waals surface area contributed by atoms with Crippen molar-refractivity contribution < 1.29 is 4.74 Å². The number of nitrogens with one attached hydrogen (secondary N) is 1. The zero-order valence-electron chi connectivity index (χ0n) is 14.0. The molecule has 1 heterocycles. The first-order valence-electron chi connectivity index (χ1n) is 9.70. The smallest absolute Gasteiger partial charge is 0.0576 e. The van der Waals surface area contributed by atoms with Gasteiger partial charge in [-0.25, -0.2) is 0 Å². The molecule has 5 atom stereocenters. The molecular weight excluding hydrogens is 258 g/mol. The molecule has 0 aromatic heterocycles. The van der Waals surface area contributed by atoms with Crippen LogP contribution in [0.15, 0.2) is 0 Å². The molecule has 0 aromatic carbocycles. The van der Waals surface area contributed by atoms with Gasteiger partial charge in [-0.1, -0.05) is 13.3 Å². The Morgan fingerprint density at radius 1 is 1.19 bits per heavy atom. The Labute approximate surface area is 131 Å². The minimum Gasteiger partial charge on any atom is -0.378 e. The van der Waals surface area contributed by atoms with E-state index in [-0.39, 0.29) is 0 Å². The zero-order chi connectivity index (χ0) is 14.5. The normalized spacial score (nSPS) is 36.4. The predicted octanol–water partition coefficient (Wildman–Crippen LogP) is 4.53. The van der Waals surface area contributed by atoms with E-state index in [4.69, 9.17) is 4.74 Å². The van der Waals surface area contributed by atoms with E-state index >= 15 is 0 Å². The maximum Gasteiger partial charge on any atom is 0.0576 e. The first-order valence-corrected chi connectivity index (χ1v) is 9.70. The van der Waals surface area contributed by atoms with Crippen LogP contribution in [0.25, 0.3) is 0 Å². The van der Waals surface area contributed by atoms with Crippen molar-refractivity contribution in [3.05, 3.63) is 0 Å². The molecule has 2 heteroatoms. The van der Waals surface area contributed by atoms with Crippen LogP contribution < -0.4 is 5.32 Å². The van der Waals surface area contributed by atoms with E-state index in [0.29, 0.717) is 6.10 Å². The van der Waals surface area contributed by atoms with Gasteiger partial charge in [0.05, 0.1) is 6.10 Å². The van der Waals surface area contributed by atoms with Crippen LogP contribution in [0.1, 0.15) is 77.6 Å². The summed E-state index contributed by atoms with van der Waals surface area (Å²) in [6.07, 6.45) is 16.1. The molecule has 1 saturated heterocycles. The Morgan fingerprint density at radius 2 is 2.14 bits per heavy atom. The van der Waals surface area contributed by atoms with Gasteiger partial charge in [0.25, 0.3) is 0 Å². The molecule has 3 rings (SSSR count). The minimum absolute atomic E-state index is 0.583. The number of rotatable bonds is 9. The topological polar surface area (TPSA) is 21.3 Å². The molecule has 5 unspecified atom stereocenters. The average molecular weight is 293 g/mol. The summed E-state index contributed by atoms with van der Waals surface area (Å²) in [5.74, 6) is 3.22. The van der Waals surface area contributed by atoms with Gasteiger partial charge in [0, 0.05) is 12.6 Å². The van der Waals surface area contributed by atoms with Crippen molar-refractivity contribution in [1.29, 1.82) is 0 Å². The summed E-state index contributed by atoms with van der Waals surface area (Å²) in [6, 6.07) is 0.774. The first-order chi connectivity index (χ1) is 10.3. The van der Waals surface area contributed by atoms with E-state index in [9.17, 15) is 0 Å². The summed E-state index contributed by atoms with van der Waals surface area (Å²) in [5, 5.41) is 3.84. The van der Waals surface area contributed by atoms with Crippen molar-refractivity contribution >= 4 is 0 Å². The molecule has 3 fully saturated rings. The third kappa shape index (κ3) is 4.45. The van der Waals surface area contributed by atoms with Crippen LogP contribution in [0.5, 0.6) is 0 Å². The first kappa shape index (κ1) is 15.8. The number of ether oxygens (including phenoxy) is 1. The second kappa shape index (κ2) is 7.97. The average Bonchev–Trinajstić information content (AvgIpc) is 3.21. The Bertz CT molecular complexity index is 300. The molecule has 1 N–H and O–H groups in total. The Balaban J connectivity index is 1.39. The molecule has 2 bridgehead atoms. The molecule has 122 valence electrons. The van der Waals surface area contributed by atoms with Gasteiger partial charge in [-0.15, -0.1) is 0 Å². The summed E-state index contributed by atoms with van der Waals surface area (Å²) in [4.78, 5) is 0. The van der Waals surface area contributed by atoms with Gasteiger partial charge < -0.3 is 10.1 Å². The van der Waals surface area contributed by atoms with Crippen LogP contribution in [-0.4, -0.2) is 25.3 Å². The van der Waals surface area contributed by atoms with Crippen molar-refractivity contribution in [3.63, 3.8) is 0 Å². The van der Waals surface area contributed by atoms with Crippen LogP contribution in [0.2, 0.25) is 0 Å². The summed E-state index contributed by atoms with van der Waals surface area (Å²) in [5.41, 5.74) is 0. The van der Waals surface area contributed by atoms with Crippen molar-refractivity contribution in [2.75, 3.05) is 13.2 Å². The van der Waals surface area contributed by atoms with E-state index < -0.39 is 0 Å². The highest BCUT2D eigenvalue weighted by atomic mass is 16.5. The van der Waals surface area contributed by atoms with Crippen LogP contribution in [0.3, 0.4) is 0 Å². The molecule has 2 nitrogen and oxygen atoms in total. The van der Waals surface area contributed by atoms with Crippen LogP contribution >= 0.6 is 0 Å². The van der Waals surface area contributed by atoms with Crippen LogP contribution in [-0.2, 0) is 4.74 Å². The highest BCUT2D eigenvalue weighted by Crippen LogP contribution is 2.50. The fraction of sp³-hybridized carbons (Fsp3) is 1.00. The molecule has 0 spiro atoms. The fourth-order valence-electron chi connectivity index (χ4n) is 5.15. The van der Waals surface area contributed by atoms with E-state index in [1.54, 1.807) is 12.8 Å². The van der Waals surface area contributed by atoms with Crippen molar-refractivity contribution in [1.82, 2.24) is 5.32 Å². The lowest BCUT2D eigenvalue weighted by molar-refractivity contribution is 0.101. The monoisotopic (exact) mass is 293 g/mol. The maximum atomic E-state index is 5.77. The SMILES string of the molecule is CCCNC(CCCC1CCCO1)CC1CC2CCC1C2. The number of fused-ring (bicyclic) bond motifs is 2. The molecule has 0 radical (unpaired) electrons. The quantitative estimate of drug-likeness (QED) is 0.674. The maximum absolute atomic E-state index is 5.77. The Kier molecular flexibility index (Phi) is 5.99. The molecule has 2 saturated carbocycles. The molecule has 0 amide bonds. The standard InChI is InChI=1S/C19H35NO/c1-2-10-20-18(5-3-6-19-7-4-11-21-19)14-17-13-15-8-9-16(17)12-15/h15-20H,2-14H2,1H3. The van der Waals surface area contributed by atoms with Crippen LogP contribution in [0.4, 0.5) is 0 Å². The van der Waals surface area contributed by atoms with Gasteiger partial charge >= 0.3 is 0 Å². The van der Waals surface area contributed by atoms with Crippen molar-refractivity contribution in [3.8, 4) is 0 Å². The lowest BCUT2D eigenvalue weighted by Gasteiger charge is -2.27. The summed E-state index contributed by atoms with van der Waals surface area (Å²) in [7, 11) is 0. The minimum atomic E-state index is 0.583. The van der Waals surface area contributed by atoms with Gasteiger partial charge in [-0.2, -0.15) is 0 Å². The molecule has 1 aliphatic heterocycles. The third-order valence-electron chi connectivity index (χ3n) is 6.26. The molecule has 2 aliphatic carbocycles. The number of hydrogen-bond donors (Lipinski definition) is 1. The second-order valence-corrected chi connectivity index (χ2v) is 7.89. The van der Waals surface area contributed by atoms with Gasteiger partial charge in [0.1, 0.15) is 0 Å². The molecule has 3 aliphatic rings. The van der Waals surface area contributed by atoms with Crippen molar-refractivity contribution in [2.24, 2.45) is 17.8 Å². The fourth-order valence-corrected chi connectivity index (χ4v) is 5.15. The number of hydrogen-bond acceptors (Lipinski definition) is 2. The largest absolute Gasteiger partial charge is 0.378 e. The zero-order valence-corrected chi connectivity index (χ0v) is 14.0. The highest BCUT2D eigenvalue weighted by Gasteiger charge is 2.39. The van der Waals surface area contributed by atoms with E-state index in [1.165, 1.54) is 64.3 Å². The molecule has 21 heavy (non-hydrogen) atoms. The summed E-state index contributed by atoms with van der Waals surface area (Å²) < 4.78 is 5.77. The van der Waals surface area contributed by atoms with E-state index in [1.807, 2.05) is 0 Å². The Morgan fingerprint density at radius 3 is 2.81 bits per heavy atom. The van der Waals surface area contributed by atoms with E-state index in [2.05, 4.69) is 12.2 Å². The summed E-state index contributed by atoms with van der Waals surface area (Å²) in [6.45, 7) is 4.49. The predicted molar refractivity (Wildman–Crippen MR) is 88.5 cm³/mol.